The fraction of sp³-hybridized carbons (Fsp3) is 0.467. The summed E-state index contributed by atoms with van der Waals surface area (Å²) in [5.41, 5.74) is 4.83. The molecule has 1 atom stereocenters. The Hall–Kier alpha value is -1.68. The van der Waals surface area contributed by atoms with Gasteiger partial charge in [-0.15, -0.1) is 0 Å². The highest BCUT2D eigenvalue weighted by Gasteiger charge is 2.12. The minimum atomic E-state index is 0.309. The van der Waals surface area contributed by atoms with Gasteiger partial charge in [0, 0.05) is 36.4 Å². The number of aromatic nitrogens is 3. The van der Waals surface area contributed by atoms with Gasteiger partial charge in [-0.3, -0.25) is 9.67 Å². The van der Waals surface area contributed by atoms with Gasteiger partial charge in [0.25, 0.3) is 0 Å². The van der Waals surface area contributed by atoms with Crippen molar-refractivity contribution in [2.75, 3.05) is 6.54 Å². The molecule has 0 aliphatic heterocycles. The summed E-state index contributed by atoms with van der Waals surface area (Å²) in [4.78, 5) is 4.56. The summed E-state index contributed by atoms with van der Waals surface area (Å²) in [6.07, 6.45) is 3.79. The van der Waals surface area contributed by atoms with Crippen LogP contribution in [0.15, 0.2) is 24.5 Å². The summed E-state index contributed by atoms with van der Waals surface area (Å²) in [5.74, 6) is 0. The number of rotatable bonds is 5. The Morgan fingerprint density at radius 3 is 2.74 bits per heavy atom. The molecule has 0 spiro atoms. The van der Waals surface area contributed by atoms with Crippen LogP contribution in [0.2, 0.25) is 0 Å². The van der Waals surface area contributed by atoms with Crippen LogP contribution in [0, 0.1) is 20.8 Å². The minimum Gasteiger partial charge on any atom is -0.308 e. The molecule has 2 aromatic rings. The average molecular weight is 258 g/mol. The molecule has 0 aliphatic rings. The van der Waals surface area contributed by atoms with E-state index in [1.54, 1.807) is 0 Å². The lowest BCUT2D eigenvalue weighted by atomic mass is 10.0. The monoisotopic (exact) mass is 258 g/mol. The van der Waals surface area contributed by atoms with Crippen LogP contribution in [0.5, 0.6) is 0 Å². The van der Waals surface area contributed by atoms with E-state index in [0.29, 0.717) is 6.04 Å². The van der Waals surface area contributed by atoms with Crippen LogP contribution in [0.25, 0.3) is 0 Å². The molecule has 4 nitrogen and oxygen atoms in total. The predicted octanol–water partition coefficient (Wildman–Crippen LogP) is 2.55. The zero-order valence-corrected chi connectivity index (χ0v) is 12.1. The molecule has 19 heavy (non-hydrogen) atoms. The molecule has 2 heterocycles. The molecule has 0 radical (unpaired) electrons. The summed E-state index contributed by atoms with van der Waals surface area (Å²) in [7, 11) is 0. The normalized spacial score (nSPS) is 12.6. The lowest BCUT2D eigenvalue weighted by Crippen LogP contribution is -2.25. The maximum absolute atomic E-state index is 4.56. The third kappa shape index (κ3) is 3.41. The molecule has 0 saturated heterocycles. The van der Waals surface area contributed by atoms with Crippen LogP contribution in [0.1, 0.15) is 35.5 Å². The maximum Gasteiger partial charge on any atom is 0.0534 e. The SMILES string of the molecule is Cc1cc(C)c(C(C)NCCn2cccn2)c(C)n1. The van der Waals surface area contributed by atoms with Gasteiger partial charge in [0.05, 0.1) is 6.54 Å². The molecule has 0 aliphatic carbocycles. The molecule has 2 rings (SSSR count). The quantitative estimate of drug-likeness (QED) is 0.896. The predicted molar refractivity (Wildman–Crippen MR) is 77.1 cm³/mol. The van der Waals surface area contributed by atoms with Crippen molar-refractivity contribution < 1.29 is 0 Å². The highest BCUT2D eigenvalue weighted by molar-refractivity contribution is 5.33. The topological polar surface area (TPSA) is 42.7 Å². The Labute approximate surface area is 114 Å². The Morgan fingerprint density at radius 1 is 1.32 bits per heavy atom. The first-order valence-electron chi connectivity index (χ1n) is 6.73. The summed E-state index contributed by atoms with van der Waals surface area (Å²) in [6.45, 7) is 10.3. The molecule has 1 N–H and O–H groups in total. The van der Waals surface area contributed by atoms with Crippen LogP contribution < -0.4 is 5.32 Å². The van der Waals surface area contributed by atoms with E-state index in [0.717, 1.165) is 24.5 Å². The number of hydrogen-bond acceptors (Lipinski definition) is 3. The lowest BCUT2D eigenvalue weighted by molar-refractivity contribution is 0.504. The summed E-state index contributed by atoms with van der Waals surface area (Å²) in [5, 5.41) is 7.73. The molecule has 0 bridgehead atoms. The molecule has 4 heteroatoms. The third-order valence-electron chi connectivity index (χ3n) is 3.37. The summed E-state index contributed by atoms with van der Waals surface area (Å²) < 4.78 is 1.94. The average Bonchev–Trinajstić information content (AvgIpc) is 2.80. The van der Waals surface area contributed by atoms with E-state index in [4.69, 9.17) is 0 Å². The van der Waals surface area contributed by atoms with E-state index in [2.05, 4.69) is 42.2 Å². The van der Waals surface area contributed by atoms with Crippen LogP contribution in [0.4, 0.5) is 0 Å². The van der Waals surface area contributed by atoms with E-state index in [1.807, 2.05) is 30.1 Å². The molecule has 0 aromatic carbocycles. The van der Waals surface area contributed by atoms with E-state index in [9.17, 15) is 0 Å². The van der Waals surface area contributed by atoms with Crippen molar-refractivity contribution in [1.82, 2.24) is 20.1 Å². The highest BCUT2D eigenvalue weighted by Crippen LogP contribution is 2.20. The summed E-state index contributed by atoms with van der Waals surface area (Å²) in [6, 6.07) is 4.40. The van der Waals surface area contributed by atoms with Crippen molar-refractivity contribution >= 4 is 0 Å². The van der Waals surface area contributed by atoms with Crippen LogP contribution >= 0.6 is 0 Å². The second-order valence-corrected chi connectivity index (χ2v) is 5.02. The van der Waals surface area contributed by atoms with Gasteiger partial charge in [-0.05, 0) is 51.0 Å². The van der Waals surface area contributed by atoms with E-state index >= 15 is 0 Å². The molecule has 102 valence electrons. The second kappa shape index (κ2) is 5.97. The Morgan fingerprint density at radius 2 is 2.11 bits per heavy atom. The van der Waals surface area contributed by atoms with Gasteiger partial charge in [0.2, 0.25) is 0 Å². The van der Waals surface area contributed by atoms with Crippen molar-refractivity contribution in [2.45, 2.75) is 40.3 Å². The Balaban J connectivity index is 1.98. The first-order valence-corrected chi connectivity index (χ1v) is 6.73. The third-order valence-corrected chi connectivity index (χ3v) is 3.37. The Bertz CT molecular complexity index is 508. The molecular formula is C15H22N4. The minimum absolute atomic E-state index is 0.309. The number of pyridine rings is 1. The number of aryl methyl sites for hydroxylation is 3. The van der Waals surface area contributed by atoms with Gasteiger partial charge in [-0.2, -0.15) is 5.10 Å². The first-order chi connectivity index (χ1) is 9.08. The second-order valence-electron chi connectivity index (χ2n) is 5.02. The smallest absolute Gasteiger partial charge is 0.0534 e. The van der Waals surface area contributed by atoms with Crippen LogP contribution in [0.3, 0.4) is 0 Å². The first kappa shape index (κ1) is 13.7. The van der Waals surface area contributed by atoms with Gasteiger partial charge in [-0.25, -0.2) is 0 Å². The molecular weight excluding hydrogens is 236 g/mol. The zero-order valence-electron chi connectivity index (χ0n) is 12.1. The number of nitrogens with zero attached hydrogens (tertiary/aromatic N) is 3. The highest BCUT2D eigenvalue weighted by atomic mass is 15.3. The zero-order chi connectivity index (χ0) is 13.8. The van der Waals surface area contributed by atoms with Gasteiger partial charge in [0.1, 0.15) is 0 Å². The van der Waals surface area contributed by atoms with E-state index in [-0.39, 0.29) is 0 Å². The number of nitrogens with one attached hydrogen (secondary N) is 1. The van der Waals surface area contributed by atoms with E-state index in [1.165, 1.54) is 11.1 Å². The molecule has 0 fully saturated rings. The molecule has 1 unspecified atom stereocenters. The fourth-order valence-corrected chi connectivity index (χ4v) is 2.62. The van der Waals surface area contributed by atoms with Gasteiger partial charge >= 0.3 is 0 Å². The fourth-order valence-electron chi connectivity index (χ4n) is 2.62. The molecule has 0 saturated carbocycles. The van der Waals surface area contributed by atoms with Gasteiger partial charge < -0.3 is 5.32 Å². The van der Waals surface area contributed by atoms with Gasteiger partial charge in [-0.1, -0.05) is 0 Å². The van der Waals surface area contributed by atoms with E-state index < -0.39 is 0 Å². The number of hydrogen-bond donors (Lipinski definition) is 1. The Kier molecular flexibility index (Phi) is 4.32. The lowest BCUT2D eigenvalue weighted by Gasteiger charge is -2.19. The van der Waals surface area contributed by atoms with Crippen molar-refractivity contribution in [3.8, 4) is 0 Å². The van der Waals surface area contributed by atoms with Crippen molar-refractivity contribution in [3.05, 3.63) is 47.0 Å². The standard InChI is InChI=1S/C15H22N4/c1-11-10-12(2)18-14(4)15(11)13(3)16-7-9-19-8-5-6-17-19/h5-6,8,10,13,16H,7,9H2,1-4H3. The largest absolute Gasteiger partial charge is 0.308 e. The summed E-state index contributed by atoms with van der Waals surface area (Å²) >= 11 is 0. The van der Waals surface area contributed by atoms with Crippen molar-refractivity contribution in [1.29, 1.82) is 0 Å². The van der Waals surface area contributed by atoms with Crippen LogP contribution in [-0.2, 0) is 6.54 Å². The van der Waals surface area contributed by atoms with Gasteiger partial charge in [0.15, 0.2) is 0 Å². The van der Waals surface area contributed by atoms with Crippen LogP contribution in [-0.4, -0.2) is 21.3 Å². The van der Waals surface area contributed by atoms with Crippen molar-refractivity contribution in [3.63, 3.8) is 0 Å². The van der Waals surface area contributed by atoms with Crippen molar-refractivity contribution in [2.24, 2.45) is 0 Å². The molecule has 2 aromatic heterocycles. The maximum atomic E-state index is 4.56. The molecule has 0 amide bonds.